The minimum Gasteiger partial charge on any atom is -0.480 e. The Kier molecular flexibility index (Phi) is 19.2. The molecule has 10 fully saturated rings. The first kappa shape index (κ1) is 60.0. The first-order chi connectivity index (χ1) is 33.3. The SMILES string of the molecule is C.Cl.NC(=O)C12CC3CC(C1)C(N)C(C3)C2.NC(=O)C12CC3CC(C1)C(NC(=O)CN1CCCCN(c4c(Cl)cc(Cl)cc4Cl)S1(=O)=O)C(C3)C2.O=C(O)CN1CCCCN(c2c(Cl)cc(Cl)cc2Cl)S1(=O)=O. The Labute approximate surface area is 464 Å². The van der Waals surface area contributed by atoms with E-state index in [-0.39, 0.29) is 130 Å². The van der Waals surface area contributed by atoms with Gasteiger partial charge in [0.15, 0.2) is 0 Å². The van der Waals surface area contributed by atoms with Gasteiger partial charge in [-0.15, -0.1) is 12.4 Å². The molecule has 8 aliphatic carbocycles. The summed E-state index contributed by atoms with van der Waals surface area (Å²) in [4.78, 5) is 47.8. The smallest absolute Gasteiger partial charge is 0.318 e. The van der Waals surface area contributed by atoms with Crippen LogP contribution in [0.25, 0.3) is 0 Å². The first-order valence-electron chi connectivity index (χ1n) is 24.1. The fraction of sp³-hybridized carbons (Fsp3) is 0.660. The van der Waals surface area contributed by atoms with Gasteiger partial charge in [-0.05, 0) is 150 Å². The maximum atomic E-state index is 13.6. The highest BCUT2D eigenvalue weighted by Crippen LogP contribution is 2.61. The van der Waals surface area contributed by atoms with Crippen molar-refractivity contribution in [3.8, 4) is 0 Å². The summed E-state index contributed by atoms with van der Waals surface area (Å²) >= 11 is 36.7. The molecule has 4 atom stereocenters. The highest BCUT2D eigenvalue weighted by Gasteiger charge is 2.59. The molecule has 26 heteroatoms. The monoisotopic (exact) mass is 1190 g/mol. The standard InChI is InChI=1S/C23H29Cl3N4O4S.C12H13Cl3N2O4S.C11H18N2O.CH4.ClH/c24-16-7-17(25)21(18(26)8-16)30-4-2-1-3-29(35(30,33)34)12-19(31)28-20-14-5-13-6-15(20)11-23(9-13,10-14)22(27)32;13-8-5-9(14)12(10(15)6-8)17-4-2-1-3-16(7-11(18)19)22(17,20)21;12-9-7-1-6-2-8(9)5-11(3-6,4-7)10(13)14;;/h7-8,13-15,20H,1-6,9-12H2,(H2,27,32)(H,28,31);5-6H,1-4,7H2,(H,18,19);6-9H,1-5,12H2,(H2,13,14);1H4;1H. The van der Waals surface area contributed by atoms with E-state index in [4.69, 9.17) is 91.9 Å². The Bertz CT molecular complexity index is 2600. The number of halogens is 7. The van der Waals surface area contributed by atoms with Crippen molar-refractivity contribution >= 4 is 137 Å². The largest absolute Gasteiger partial charge is 0.480 e. The lowest BCUT2D eigenvalue weighted by molar-refractivity contribution is -0.147. The number of hydrogen-bond acceptors (Lipinski definition) is 9. The van der Waals surface area contributed by atoms with Crippen LogP contribution in [0.1, 0.15) is 97.3 Å². The number of nitrogens with one attached hydrogen (secondary N) is 1. The molecule has 2 aliphatic heterocycles. The average Bonchev–Trinajstić information content (AvgIpc) is 3.49. The van der Waals surface area contributed by atoms with Crippen LogP contribution in [0.3, 0.4) is 0 Å². The van der Waals surface area contributed by atoms with Crippen LogP contribution in [-0.2, 0) is 39.6 Å². The second-order valence-electron chi connectivity index (χ2n) is 21.0. The van der Waals surface area contributed by atoms with E-state index in [0.29, 0.717) is 67.3 Å². The number of hydrogen-bond donors (Lipinski definition) is 5. The van der Waals surface area contributed by atoms with E-state index in [0.717, 1.165) is 53.1 Å². The fourth-order valence-electron chi connectivity index (χ4n) is 13.6. The fourth-order valence-corrected chi connectivity index (χ4v) is 19.3. The van der Waals surface area contributed by atoms with Crippen molar-refractivity contribution < 1.29 is 41.1 Å². The summed E-state index contributed by atoms with van der Waals surface area (Å²) in [6, 6.07) is 5.98. The molecule has 73 heavy (non-hydrogen) atoms. The molecule has 4 unspecified atom stereocenters. The number of carboxylic acid groups (broad SMARTS) is 1. The summed E-state index contributed by atoms with van der Waals surface area (Å²) < 4.78 is 56.9. The summed E-state index contributed by atoms with van der Waals surface area (Å²) in [6.07, 6.45) is 12.0. The third-order valence-electron chi connectivity index (χ3n) is 16.3. The number of nitrogens with zero attached hydrogens (tertiary/aromatic N) is 4. The van der Waals surface area contributed by atoms with Crippen LogP contribution >= 0.6 is 82.0 Å². The number of carbonyl (C=O) groups is 4. The van der Waals surface area contributed by atoms with Gasteiger partial charge in [-0.2, -0.15) is 25.4 Å². The number of aliphatic carboxylic acids is 1. The van der Waals surface area contributed by atoms with Crippen LogP contribution in [0.5, 0.6) is 0 Å². The van der Waals surface area contributed by atoms with Gasteiger partial charge in [-0.3, -0.25) is 27.8 Å². The number of nitrogens with two attached hydrogens (primary N) is 3. The summed E-state index contributed by atoms with van der Waals surface area (Å²) in [5, 5.41) is 13.1. The molecule has 2 saturated heterocycles. The number of carboxylic acids is 1. The predicted octanol–water partition coefficient (Wildman–Crippen LogP) is 8.15. The molecule has 10 aliphatic rings. The minimum atomic E-state index is -4.06. The van der Waals surface area contributed by atoms with Gasteiger partial charge >= 0.3 is 26.4 Å². The van der Waals surface area contributed by atoms with E-state index in [9.17, 15) is 36.0 Å². The van der Waals surface area contributed by atoms with Gasteiger partial charge < -0.3 is 27.6 Å². The molecule has 0 spiro atoms. The second-order valence-corrected chi connectivity index (χ2v) is 27.2. The molecular formula is C47H65Cl7N8O9S2. The van der Waals surface area contributed by atoms with Gasteiger partial charge in [0.2, 0.25) is 17.7 Å². The van der Waals surface area contributed by atoms with Crippen molar-refractivity contribution in [2.24, 2.45) is 63.5 Å². The van der Waals surface area contributed by atoms with Crippen molar-refractivity contribution in [1.82, 2.24) is 13.9 Å². The van der Waals surface area contributed by atoms with Crippen molar-refractivity contribution in [2.75, 3.05) is 47.9 Å². The molecular weight excluding hydrogens is 1130 g/mol. The van der Waals surface area contributed by atoms with Crippen molar-refractivity contribution in [2.45, 2.75) is 109 Å². The van der Waals surface area contributed by atoms with Crippen LogP contribution in [0.2, 0.25) is 30.1 Å². The predicted molar refractivity (Wildman–Crippen MR) is 289 cm³/mol. The van der Waals surface area contributed by atoms with Gasteiger partial charge in [0, 0.05) is 59.1 Å². The molecule has 0 radical (unpaired) electrons. The number of carbonyl (C=O) groups excluding carboxylic acids is 3. The van der Waals surface area contributed by atoms with Gasteiger partial charge in [0.25, 0.3) is 0 Å². The number of rotatable bonds is 9. The molecule has 0 aromatic heterocycles. The molecule has 408 valence electrons. The Balaban J connectivity index is 0.000000195. The molecule has 8 N–H and O–H groups in total. The highest BCUT2D eigenvalue weighted by molar-refractivity contribution is 7.90. The topological polar surface area (TPSA) is 260 Å². The maximum Gasteiger partial charge on any atom is 0.318 e. The van der Waals surface area contributed by atoms with Crippen LogP contribution in [0.4, 0.5) is 11.4 Å². The zero-order valence-corrected chi connectivity index (χ0v) is 46.3. The van der Waals surface area contributed by atoms with Crippen LogP contribution in [0, 0.1) is 46.3 Å². The molecule has 2 heterocycles. The van der Waals surface area contributed by atoms with Gasteiger partial charge in [0.1, 0.15) is 6.54 Å². The normalized spacial score (nSPS) is 32.5. The Morgan fingerprint density at radius 1 is 0.589 bits per heavy atom. The zero-order valence-electron chi connectivity index (χ0n) is 39.3. The first-order valence-corrected chi connectivity index (χ1v) is 29.1. The zero-order chi connectivity index (χ0) is 51.5. The Hall–Kier alpha value is -2.27. The third-order valence-corrected chi connectivity index (χ3v) is 21.7. The summed E-state index contributed by atoms with van der Waals surface area (Å²) in [5.41, 5.74) is 17.2. The number of primary amides is 2. The van der Waals surface area contributed by atoms with E-state index >= 15 is 0 Å². The lowest BCUT2D eigenvalue weighted by Crippen LogP contribution is -2.62. The summed E-state index contributed by atoms with van der Waals surface area (Å²) in [5.74, 6) is 0.904. The quantitative estimate of drug-likeness (QED) is 0.161. The highest BCUT2D eigenvalue weighted by atomic mass is 35.5. The second kappa shape index (κ2) is 23.4. The van der Waals surface area contributed by atoms with Crippen molar-refractivity contribution in [1.29, 1.82) is 0 Å². The van der Waals surface area contributed by atoms with E-state index < -0.39 is 38.3 Å². The van der Waals surface area contributed by atoms with E-state index in [1.807, 2.05) is 0 Å². The van der Waals surface area contributed by atoms with Crippen LogP contribution in [-0.4, -0.2) is 106 Å². The third kappa shape index (κ3) is 12.2. The minimum absolute atomic E-state index is 0. The van der Waals surface area contributed by atoms with Crippen LogP contribution < -0.4 is 31.1 Å². The summed E-state index contributed by atoms with van der Waals surface area (Å²) in [6.45, 7) is -0.179. The maximum absolute atomic E-state index is 13.6. The van der Waals surface area contributed by atoms with Crippen LogP contribution in [0.15, 0.2) is 24.3 Å². The summed E-state index contributed by atoms with van der Waals surface area (Å²) in [7, 11) is -8.09. The number of anilines is 2. The number of amides is 3. The lowest BCUT2D eigenvalue weighted by Gasteiger charge is -2.58. The van der Waals surface area contributed by atoms with Gasteiger partial charge in [-0.1, -0.05) is 77.0 Å². The Morgan fingerprint density at radius 3 is 1.30 bits per heavy atom. The molecule has 8 saturated carbocycles. The van der Waals surface area contributed by atoms with E-state index in [1.54, 1.807) is 0 Å². The number of benzene rings is 2. The molecule has 17 nitrogen and oxygen atoms in total. The molecule has 2 aromatic carbocycles. The van der Waals surface area contributed by atoms with Gasteiger partial charge in [0.05, 0.1) is 38.0 Å². The van der Waals surface area contributed by atoms with E-state index in [2.05, 4.69) is 5.32 Å². The lowest BCUT2D eigenvalue weighted by atomic mass is 9.47. The molecule has 2 aromatic rings. The average molecular weight is 1200 g/mol. The Morgan fingerprint density at radius 2 is 0.932 bits per heavy atom. The van der Waals surface area contributed by atoms with Crippen molar-refractivity contribution in [3.05, 3.63) is 54.4 Å². The van der Waals surface area contributed by atoms with Crippen molar-refractivity contribution in [3.63, 3.8) is 0 Å². The molecule has 3 amide bonds. The molecule has 8 bridgehead atoms. The molecule has 12 rings (SSSR count). The van der Waals surface area contributed by atoms with E-state index in [1.165, 1.54) is 45.7 Å². The van der Waals surface area contributed by atoms with Gasteiger partial charge in [-0.25, -0.2) is 0 Å².